The predicted molar refractivity (Wildman–Crippen MR) is 61.3 cm³/mol. The van der Waals surface area contributed by atoms with Gasteiger partial charge in [-0.3, -0.25) is 4.79 Å². The second kappa shape index (κ2) is 6.07. The van der Waals surface area contributed by atoms with Gasteiger partial charge in [0.1, 0.15) is 5.84 Å². The first-order chi connectivity index (χ1) is 8.82. The molecule has 0 aliphatic rings. The van der Waals surface area contributed by atoms with E-state index in [0.29, 0.717) is 5.56 Å². The van der Waals surface area contributed by atoms with Gasteiger partial charge in [-0.25, -0.2) is 0 Å². The lowest BCUT2D eigenvalue weighted by atomic mass is 10.1. The molecular formula is C11H12F3N3O2. The van der Waals surface area contributed by atoms with E-state index in [1.54, 1.807) is 0 Å². The summed E-state index contributed by atoms with van der Waals surface area (Å²) in [5.41, 5.74) is 4.64. The number of carbonyl (C=O) groups is 1. The number of nitrogens with two attached hydrogens (primary N) is 1. The number of nitrogens with zero attached hydrogens (tertiary/aromatic N) is 1. The average molecular weight is 275 g/mol. The third-order valence-electron chi connectivity index (χ3n) is 2.21. The molecule has 4 N–H and O–H groups in total. The van der Waals surface area contributed by atoms with Gasteiger partial charge in [0.15, 0.2) is 0 Å². The van der Waals surface area contributed by atoms with Crippen molar-refractivity contribution in [1.82, 2.24) is 5.32 Å². The van der Waals surface area contributed by atoms with Crippen molar-refractivity contribution in [2.45, 2.75) is 19.1 Å². The van der Waals surface area contributed by atoms with Gasteiger partial charge in [-0.15, -0.1) is 0 Å². The van der Waals surface area contributed by atoms with Crippen molar-refractivity contribution in [3.8, 4) is 0 Å². The van der Waals surface area contributed by atoms with E-state index >= 15 is 0 Å². The molecule has 0 fully saturated rings. The Kier molecular flexibility index (Phi) is 4.74. The van der Waals surface area contributed by atoms with Crippen LogP contribution in [0.2, 0.25) is 0 Å². The molecule has 0 aromatic heterocycles. The monoisotopic (exact) mass is 275 g/mol. The fourth-order valence-corrected chi connectivity index (χ4v) is 1.32. The molecule has 0 spiro atoms. The fourth-order valence-electron chi connectivity index (χ4n) is 1.32. The van der Waals surface area contributed by atoms with E-state index in [1.165, 1.54) is 12.1 Å². The predicted octanol–water partition coefficient (Wildman–Crippen LogP) is 1.46. The molecular weight excluding hydrogens is 263 g/mol. The highest BCUT2D eigenvalue weighted by atomic mass is 19.4. The van der Waals surface area contributed by atoms with Crippen LogP contribution < -0.4 is 11.1 Å². The van der Waals surface area contributed by atoms with Crippen molar-refractivity contribution in [3.05, 3.63) is 35.4 Å². The van der Waals surface area contributed by atoms with Crippen molar-refractivity contribution < 1.29 is 23.2 Å². The summed E-state index contributed by atoms with van der Waals surface area (Å²) in [6.45, 7) is -0.0680. The summed E-state index contributed by atoms with van der Waals surface area (Å²) in [5, 5.41) is 13.2. The molecule has 0 unspecified atom stereocenters. The number of oxime groups is 1. The maximum Gasteiger partial charge on any atom is 0.416 e. The van der Waals surface area contributed by atoms with Crippen LogP contribution >= 0.6 is 0 Å². The summed E-state index contributed by atoms with van der Waals surface area (Å²) in [6.07, 6.45) is -4.75. The first-order valence-electron chi connectivity index (χ1n) is 5.22. The Morgan fingerprint density at radius 3 is 2.68 bits per heavy atom. The minimum absolute atomic E-state index is 0.0680. The zero-order chi connectivity index (χ0) is 14.5. The molecule has 19 heavy (non-hydrogen) atoms. The molecule has 0 saturated carbocycles. The van der Waals surface area contributed by atoms with Gasteiger partial charge >= 0.3 is 6.18 Å². The standard InChI is InChI=1S/C11H12F3N3O2/c12-11(13,14)8-3-1-2-7(4-8)6-16-10(18)5-9(15)17-19/h1-4,19H,5-6H2,(H2,15,17)(H,16,18). The van der Waals surface area contributed by atoms with E-state index < -0.39 is 17.6 Å². The van der Waals surface area contributed by atoms with Crippen LogP contribution in [0.15, 0.2) is 29.4 Å². The molecule has 5 nitrogen and oxygen atoms in total. The molecule has 104 valence electrons. The largest absolute Gasteiger partial charge is 0.416 e. The van der Waals surface area contributed by atoms with Crippen molar-refractivity contribution in [2.75, 3.05) is 0 Å². The second-order valence-electron chi connectivity index (χ2n) is 3.74. The highest BCUT2D eigenvalue weighted by molar-refractivity contribution is 5.98. The van der Waals surface area contributed by atoms with Crippen molar-refractivity contribution in [3.63, 3.8) is 0 Å². The summed E-state index contributed by atoms with van der Waals surface area (Å²) in [5.74, 6) is -0.825. The smallest absolute Gasteiger partial charge is 0.409 e. The lowest BCUT2D eigenvalue weighted by Gasteiger charge is -2.09. The number of nitrogens with one attached hydrogen (secondary N) is 1. The molecule has 0 saturated heterocycles. The number of carbonyl (C=O) groups excluding carboxylic acids is 1. The summed E-state index contributed by atoms with van der Waals surface area (Å²) >= 11 is 0. The van der Waals surface area contributed by atoms with Gasteiger partial charge in [-0.05, 0) is 17.7 Å². The third-order valence-corrected chi connectivity index (χ3v) is 2.21. The normalized spacial score (nSPS) is 12.3. The van der Waals surface area contributed by atoms with Gasteiger partial charge in [0.25, 0.3) is 0 Å². The van der Waals surface area contributed by atoms with E-state index in [2.05, 4.69) is 10.5 Å². The first-order valence-corrected chi connectivity index (χ1v) is 5.22. The maximum atomic E-state index is 12.4. The molecule has 1 aromatic carbocycles. The van der Waals surface area contributed by atoms with Crippen molar-refractivity contribution in [2.24, 2.45) is 10.9 Å². The van der Waals surface area contributed by atoms with E-state index in [4.69, 9.17) is 10.9 Å². The first kappa shape index (κ1) is 14.8. The fraction of sp³-hybridized carbons (Fsp3) is 0.273. The number of benzene rings is 1. The quantitative estimate of drug-likeness (QED) is 0.336. The van der Waals surface area contributed by atoms with Gasteiger partial charge in [0.2, 0.25) is 5.91 Å². The summed E-state index contributed by atoms with van der Waals surface area (Å²) in [6, 6.07) is 4.61. The Bertz CT molecular complexity index is 486. The highest BCUT2D eigenvalue weighted by Gasteiger charge is 2.30. The number of alkyl halides is 3. The molecule has 0 aliphatic heterocycles. The molecule has 0 radical (unpaired) electrons. The minimum Gasteiger partial charge on any atom is -0.409 e. The number of halogens is 3. The molecule has 1 aromatic rings. The Labute approximate surface area is 106 Å². The van der Waals surface area contributed by atoms with Crippen LogP contribution in [0.4, 0.5) is 13.2 Å². The van der Waals surface area contributed by atoms with Crippen LogP contribution in [-0.2, 0) is 17.5 Å². The second-order valence-corrected chi connectivity index (χ2v) is 3.74. The van der Waals surface area contributed by atoms with Crippen LogP contribution in [0.5, 0.6) is 0 Å². The summed E-state index contributed by atoms with van der Waals surface area (Å²) < 4.78 is 37.3. The van der Waals surface area contributed by atoms with Gasteiger partial charge < -0.3 is 16.3 Å². The highest BCUT2D eigenvalue weighted by Crippen LogP contribution is 2.29. The molecule has 0 aliphatic carbocycles. The SMILES string of the molecule is N/C(CC(=O)NCc1cccc(C(F)(F)F)c1)=N\O. The van der Waals surface area contributed by atoms with Gasteiger partial charge in [-0.1, -0.05) is 17.3 Å². The van der Waals surface area contributed by atoms with Gasteiger partial charge in [-0.2, -0.15) is 13.2 Å². The Morgan fingerprint density at radius 1 is 1.42 bits per heavy atom. The molecule has 1 amide bonds. The Balaban J connectivity index is 2.61. The number of rotatable bonds is 4. The van der Waals surface area contributed by atoms with Crippen LogP contribution in [0, 0.1) is 0 Å². The number of hydrogen-bond donors (Lipinski definition) is 3. The number of amidine groups is 1. The van der Waals surface area contributed by atoms with Crippen molar-refractivity contribution in [1.29, 1.82) is 0 Å². The maximum absolute atomic E-state index is 12.4. The van der Waals surface area contributed by atoms with Crippen LogP contribution in [0.1, 0.15) is 17.5 Å². The zero-order valence-corrected chi connectivity index (χ0v) is 9.74. The lowest BCUT2D eigenvalue weighted by Crippen LogP contribution is -2.28. The van der Waals surface area contributed by atoms with Crippen LogP contribution in [0.3, 0.4) is 0 Å². The van der Waals surface area contributed by atoms with Gasteiger partial charge in [0, 0.05) is 6.54 Å². The van der Waals surface area contributed by atoms with E-state index in [-0.39, 0.29) is 18.8 Å². The number of hydrogen-bond acceptors (Lipinski definition) is 3. The molecule has 1 rings (SSSR count). The Morgan fingerprint density at radius 2 is 2.11 bits per heavy atom. The molecule has 0 heterocycles. The van der Waals surface area contributed by atoms with Gasteiger partial charge in [0.05, 0.1) is 12.0 Å². The van der Waals surface area contributed by atoms with E-state index in [0.717, 1.165) is 12.1 Å². The zero-order valence-electron chi connectivity index (χ0n) is 9.74. The molecule has 0 atom stereocenters. The number of amides is 1. The Hall–Kier alpha value is -2.25. The minimum atomic E-state index is -4.42. The summed E-state index contributed by atoms with van der Waals surface area (Å²) in [4.78, 5) is 11.3. The summed E-state index contributed by atoms with van der Waals surface area (Å²) in [7, 11) is 0. The lowest BCUT2D eigenvalue weighted by molar-refractivity contribution is -0.137. The van der Waals surface area contributed by atoms with E-state index in [1.807, 2.05) is 0 Å². The van der Waals surface area contributed by atoms with Crippen molar-refractivity contribution >= 4 is 11.7 Å². The molecule has 8 heteroatoms. The topological polar surface area (TPSA) is 87.7 Å². The molecule has 0 bridgehead atoms. The third kappa shape index (κ3) is 4.86. The average Bonchev–Trinajstić information content (AvgIpc) is 2.35. The van der Waals surface area contributed by atoms with Crippen LogP contribution in [-0.4, -0.2) is 17.0 Å². The van der Waals surface area contributed by atoms with Crippen LogP contribution in [0.25, 0.3) is 0 Å². The van der Waals surface area contributed by atoms with E-state index in [9.17, 15) is 18.0 Å².